The van der Waals surface area contributed by atoms with Gasteiger partial charge in [0.2, 0.25) is 11.8 Å². The standard InChI is InChI=1S/C16H26N2O6S2/c19-13(4-2-1-3-11-8-10-25-26-11)18-12(5-6-14(20)21)16(24)17-9-7-15(22)23/h11-12H,1-10H2,(H,17,24)(H,18,19)(H,20,21)(H,22,23)/t11-,12+/m1/s1. The Labute approximate surface area is 160 Å². The van der Waals surface area contributed by atoms with Crippen LogP contribution in [0.4, 0.5) is 0 Å². The summed E-state index contributed by atoms with van der Waals surface area (Å²) in [5.41, 5.74) is 0. The largest absolute Gasteiger partial charge is 0.481 e. The monoisotopic (exact) mass is 406 g/mol. The zero-order chi connectivity index (χ0) is 19.4. The van der Waals surface area contributed by atoms with E-state index in [1.807, 2.05) is 21.6 Å². The summed E-state index contributed by atoms with van der Waals surface area (Å²) in [4.78, 5) is 45.3. The quantitative estimate of drug-likeness (QED) is 0.268. The summed E-state index contributed by atoms with van der Waals surface area (Å²) in [7, 11) is 3.78. The van der Waals surface area contributed by atoms with Gasteiger partial charge in [0.25, 0.3) is 0 Å². The molecule has 10 heteroatoms. The van der Waals surface area contributed by atoms with Crippen molar-refractivity contribution in [1.29, 1.82) is 0 Å². The van der Waals surface area contributed by atoms with Crippen LogP contribution in [0.15, 0.2) is 0 Å². The van der Waals surface area contributed by atoms with Gasteiger partial charge in [0, 0.05) is 30.4 Å². The SMILES string of the molecule is O=C(O)CCNC(=O)[C@H](CCC(=O)O)NC(=O)CCCC[C@@H]1CCSS1. The lowest BCUT2D eigenvalue weighted by Gasteiger charge is -2.17. The fourth-order valence-electron chi connectivity index (χ4n) is 2.44. The maximum atomic E-state index is 12.1. The number of nitrogens with one attached hydrogen (secondary N) is 2. The molecule has 1 fully saturated rings. The molecule has 0 aromatic heterocycles. The van der Waals surface area contributed by atoms with Gasteiger partial charge < -0.3 is 20.8 Å². The highest BCUT2D eigenvalue weighted by atomic mass is 33.1. The zero-order valence-corrected chi connectivity index (χ0v) is 16.2. The summed E-state index contributed by atoms with van der Waals surface area (Å²) in [5.74, 6) is -1.77. The first kappa shape index (κ1) is 22.6. The summed E-state index contributed by atoms with van der Waals surface area (Å²) in [6.07, 6.45) is 3.71. The Bertz CT molecular complexity index is 497. The highest BCUT2D eigenvalue weighted by Gasteiger charge is 2.22. The molecule has 2 amide bonds. The molecule has 0 aromatic rings. The number of carboxylic acids is 2. The van der Waals surface area contributed by atoms with Crippen molar-refractivity contribution in [2.75, 3.05) is 12.3 Å². The minimum atomic E-state index is -1.06. The average Bonchev–Trinajstić information content (AvgIpc) is 3.08. The fourth-order valence-corrected chi connectivity index (χ4v) is 5.47. The van der Waals surface area contributed by atoms with E-state index in [1.54, 1.807) is 0 Å². The molecule has 1 aliphatic heterocycles. The van der Waals surface area contributed by atoms with Crippen LogP contribution in [0.1, 0.15) is 51.4 Å². The molecule has 4 N–H and O–H groups in total. The molecule has 0 unspecified atom stereocenters. The van der Waals surface area contributed by atoms with Crippen molar-refractivity contribution in [2.24, 2.45) is 0 Å². The van der Waals surface area contributed by atoms with Crippen LogP contribution >= 0.6 is 21.6 Å². The van der Waals surface area contributed by atoms with E-state index in [4.69, 9.17) is 10.2 Å². The molecule has 1 rings (SSSR count). The lowest BCUT2D eigenvalue weighted by atomic mass is 10.1. The first-order valence-electron chi connectivity index (χ1n) is 8.67. The van der Waals surface area contributed by atoms with Gasteiger partial charge in [-0.15, -0.1) is 0 Å². The third-order valence-corrected chi connectivity index (χ3v) is 6.85. The number of amides is 2. The molecule has 1 heterocycles. The molecule has 0 radical (unpaired) electrons. The number of hydrogen-bond donors (Lipinski definition) is 4. The van der Waals surface area contributed by atoms with Gasteiger partial charge in [-0.2, -0.15) is 0 Å². The molecule has 2 atom stereocenters. The summed E-state index contributed by atoms with van der Waals surface area (Å²) in [6.45, 7) is -0.0648. The van der Waals surface area contributed by atoms with E-state index < -0.39 is 23.9 Å². The lowest BCUT2D eigenvalue weighted by Crippen LogP contribution is -2.47. The van der Waals surface area contributed by atoms with Gasteiger partial charge in [-0.05, 0) is 25.7 Å². The van der Waals surface area contributed by atoms with Crippen molar-refractivity contribution in [3.63, 3.8) is 0 Å². The van der Waals surface area contributed by atoms with Crippen molar-refractivity contribution >= 4 is 45.3 Å². The van der Waals surface area contributed by atoms with Gasteiger partial charge in [0.15, 0.2) is 0 Å². The second-order valence-electron chi connectivity index (χ2n) is 6.06. The molecule has 26 heavy (non-hydrogen) atoms. The first-order valence-corrected chi connectivity index (χ1v) is 11.1. The number of unbranched alkanes of at least 4 members (excludes halogenated alkanes) is 1. The number of aliphatic carboxylic acids is 2. The Hall–Kier alpha value is -1.42. The maximum absolute atomic E-state index is 12.1. The Morgan fingerprint density at radius 2 is 1.77 bits per heavy atom. The van der Waals surface area contributed by atoms with Gasteiger partial charge >= 0.3 is 11.9 Å². The number of carbonyl (C=O) groups excluding carboxylic acids is 2. The average molecular weight is 407 g/mol. The van der Waals surface area contributed by atoms with E-state index in [2.05, 4.69) is 10.6 Å². The van der Waals surface area contributed by atoms with Crippen molar-refractivity contribution in [1.82, 2.24) is 10.6 Å². The zero-order valence-electron chi connectivity index (χ0n) is 14.6. The third-order valence-electron chi connectivity index (χ3n) is 3.84. The van der Waals surface area contributed by atoms with Crippen LogP contribution in [0, 0.1) is 0 Å². The van der Waals surface area contributed by atoms with Crippen LogP contribution in [0.3, 0.4) is 0 Å². The third kappa shape index (κ3) is 10.5. The molecule has 8 nitrogen and oxygen atoms in total. The van der Waals surface area contributed by atoms with Crippen LogP contribution in [0.5, 0.6) is 0 Å². The molecular formula is C16H26N2O6S2. The van der Waals surface area contributed by atoms with E-state index in [1.165, 1.54) is 12.2 Å². The van der Waals surface area contributed by atoms with E-state index >= 15 is 0 Å². The second-order valence-corrected chi connectivity index (χ2v) is 8.85. The van der Waals surface area contributed by atoms with Crippen molar-refractivity contribution in [2.45, 2.75) is 62.7 Å². The highest BCUT2D eigenvalue weighted by molar-refractivity contribution is 8.77. The molecule has 0 spiro atoms. The van der Waals surface area contributed by atoms with Crippen molar-refractivity contribution in [3.8, 4) is 0 Å². The van der Waals surface area contributed by atoms with Crippen LogP contribution in [0.2, 0.25) is 0 Å². The lowest BCUT2D eigenvalue weighted by molar-refractivity contribution is -0.138. The van der Waals surface area contributed by atoms with E-state index in [-0.39, 0.29) is 38.1 Å². The summed E-state index contributed by atoms with van der Waals surface area (Å²) in [5, 5.41) is 23.0. The summed E-state index contributed by atoms with van der Waals surface area (Å²) < 4.78 is 0. The Morgan fingerprint density at radius 3 is 2.38 bits per heavy atom. The molecule has 0 saturated carbocycles. The Morgan fingerprint density at radius 1 is 1.04 bits per heavy atom. The molecule has 1 aliphatic rings. The van der Waals surface area contributed by atoms with Gasteiger partial charge in [0.1, 0.15) is 6.04 Å². The predicted octanol–water partition coefficient (Wildman–Crippen LogP) is 1.64. The van der Waals surface area contributed by atoms with E-state index in [9.17, 15) is 19.2 Å². The number of rotatable bonds is 13. The predicted molar refractivity (Wildman–Crippen MR) is 101 cm³/mol. The number of carboxylic acid groups (broad SMARTS) is 2. The van der Waals surface area contributed by atoms with Gasteiger partial charge in [-0.25, -0.2) is 0 Å². The summed E-state index contributed by atoms with van der Waals surface area (Å²) in [6, 6.07) is -0.964. The maximum Gasteiger partial charge on any atom is 0.305 e. The van der Waals surface area contributed by atoms with Gasteiger partial charge in [-0.1, -0.05) is 28.0 Å². The normalized spacial score (nSPS) is 17.5. The van der Waals surface area contributed by atoms with Crippen LogP contribution in [-0.4, -0.2) is 57.6 Å². The van der Waals surface area contributed by atoms with Gasteiger partial charge in [0.05, 0.1) is 6.42 Å². The smallest absolute Gasteiger partial charge is 0.305 e. The number of carbonyl (C=O) groups is 4. The Balaban J connectivity index is 2.33. The number of hydrogen-bond acceptors (Lipinski definition) is 6. The van der Waals surface area contributed by atoms with E-state index in [0.717, 1.165) is 19.3 Å². The minimum absolute atomic E-state index is 0.0318. The molecule has 148 valence electrons. The Kier molecular flexibility index (Phi) is 11.2. The van der Waals surface area contributed by atoms with E-state index in [0.29, 0.717) is 5.25 Å². The van der Waals surface area contributed by atoms with Crippen molar-refractivity contribution in [3.05, 3.63) is 0 Å². The molecule has 0 aliphatic carbocycles. The van der Waals surface area contributed by atoms with Crippen LogP contribution in [0.25, 0.3) is 0 Å². The molecular weight excluding hydrogens is 380 g/mol. The fraction of sp³-hybridized carbons (Fsp3) is 0.750. The van der Waals surface area contributed by atoms with Crippen LogP contribution in [-0.2, 0) is 19.2 Å². The molecule has 0 bridgehead atoms. The topological polar surface area (TPSA) is 133 Å². The summed E-state index contributed by atoms with van der Waals surface area (Å²) >= 11 is 0. The molecule has 1 saturated heterocycles. The first-order chi connectivity index (χ1) is 12.4. The van der Waals surface area contributed by atoms with Crippen LogP contribution < -0.4 is 10.6 Å². The highest BCUT2D eigenvalue weighted by Crippen LogP contribution is 2.39. The minimum Gasteiger partial charge on any atom is -0.481 e. The van der Waals surface area contributed by atoms with Gasteiger partial charge in [-0.3, -0.25) is 19.2 Å². The van der Waals surface area contributed by atoms with Crippen molar-refractivity contribution < 1.29 is 29.4 Å². The molecule has 0 aromatic carbocycles. The second kappa shape index (κ2) is 12.9.